The summed E-state index contributed by atoms with van der Waals surface area (Å²) in [7, 11) is 0. The summed E-state index contributed by atoms with van der Waals surface area (Å²) in [6.07, 6.45) is 0.282. The third kappa shape index (κ3) is 12.2. The number of halogens is 1. The number of nitrogens with two attached hydrogens (primary N) is 1. The quantitative estimate of drug-likeness (QED) is 0.0825. The number of aromatic nitrogens is 1. The topological polar surface area (TPSA) is 244 Å². The van der Waals surface area contributed by atoms with E-state index in [9.17, 15) is 38.7 Å². The number of anilines is 2. The first kappa shape index (κ1) is 45.9. The Morgan fingerprint density at radius 1 is 0.871 bits per heavy atom. The van der Waals surface area contributed by atoms with E-state index in [0.29, 0.717) is 29.7 Å². The van der Waals surface area contributed by atoms with Crippen molar-refractivity contribution in [1.82, 2.24) is 25.4 Å². The monoisotopic (exact) mass is 858 g/mol. The molecule has 1 aliphatic heterocycles. The van der Waals surface area contributed by atoms with Gasteiger partial charge in [-0.2, -0.15) is 0 Å². The number of hydrogen-bond donors (Lipinski definition) is 6. The van der Waals surface area contributed by atoms with Crippen LogP contribution in [0.15, 0.2) is 77.7 Å². The molecule has 1 aromatic heterocycles. The van der Waals surface area contributed by atoms with Crippen LogP contribution in [-0.2, 0) is 38.8 Å². The Labute approximate surface area is 356 Å². The first-order valence-corrected chi connectivity index (χ1v) is 20.1. The number of nitrogens with one attached hydrogen (secondary N) is 4. The van der Waals surface area contributed by atoms with Gasteiger partial charge in [-0.25, -0.2) is 23.6 Å². The lowest BCUT2D eigenvalue weighted by molar-refractivity contribution is -0.128. The Hall–Kier alpha value is -7.18. The zero-order chi connectivity index (χ0) is 44.9. The maximum absolute atomic E-state index is 15.3. The van der Waals surface area contributed by atoms with Crippen molar-refractivity contribution in [1.29, 1.82) is 0 Å². The number of carboxylic acid groups (broad SMARTS) is 1. The lowest BCUT2D eigenvalue weighted by atomic mass is 10.0. The van der Waals surface area contributed by atoms with E-state index in [4.69, 9.17) is 15.2 Å². The molecule has 0 bridgehead atoms. The fraction of sp³-hybridized carbons (Fsp3) is 0.372. The van der Waals surface area contributed by atoms with Gasteiger partial charge in [0.05, 0.1) is 11.2 Å². The van der Waals surface area contributed by atoms with Gasteiger partial charge >= 0.3 is 24.2 Å². The third-order valence-corrected chi connectivity index (χ3v) is 10.2. The molecular formula is C43H51FN8O10. The summed E-state index contributed by atoms with van der Waals surface area (Å²) in [6.45, 7) is 6.67. The molecule has 4 aromatic rings. The van der Waals surface area contributed by atoms with Crippen molar-refractivity contribution in [3.05, 3.63) is 106 Å². The first-order chi connectivity index (χ1) is 29.6. The van der Waals surface area contributed by atoms with Crippen LogP contribution in [0.3, 0.4) is 0 Å². The number of benzene rings is 3. The maximum atomic E-state index is 15.3. The number of rotatable bonds is 17. The van der Waals surface area contributed by atoms with Crippen LogP contribution in [0.2, 0.25) is 0 Å². The number of ether oxygens (including phenoxy) is 2. The SMILES string of the molecule is CCn1cc(C(=O)O)c(=O)c2cc(F)c(N3CCN(C(=O)OCc4ccc(NC(=O)C(CCCNC(N)=O)NC(=O)C(NC(=O)OCc5ccccc5)C(C)C)cc4)CC3)cc21. The van der Waals surface area contributed by atoms with Crippen LogP contribution in [0.4, 0.5) is 30.1 Å². The van der Waals surface area contributed by atoms with Gasteiger partial charge in [-0.1, -0.05) is 56.3 Å². The van der Waals surface area contributed by atoms with Gasteiger partial charge in [-0.3, -0.25) is 14.4 Å². The van der Waals surface area contributed by atoms with Gasteiger partial charge in [0.25, 0.3) is 0 Å². The molecule has 6 amide bonds. The Morgan fingerprint density at radius 3 is 2.16 bits per heavy atom. The molecule has 2 heterocycles. The number of nitrogens with zero attached hydrogens (tertiary/aromatic N) is 3. The van der Waals surface area contributed by atoms with Gasteiger partial charge in [-0.05, 0) is 61.1 Å². The van der Waals surface area contributed by atoms with E-state index in [1.54, 1.807) is 78.8 Å². The molecule has 3 aromatic carbocycles. The summed E-state index contributed by atoms with van der Waals surface area (Å²) in [4.78, 5) is 91.3. The Bertz CT molecular complexity index is 2320. The molecule has 0 spiro atoms. The maximum Gasteiger partial charge on any atom is 0.410 e. The summed E-state index contributed by atoms with van der Waals surface area (Å²) >= 11 is 0. The van der Waals surface area contributed by atoms with E-state index in [1.807, 2.05) is 6.07 Å². The molecule has 62 heavy (non-hydrogen) atoms. The number of aryl methyl sites for hydroxylation is 1. The number of primary amides is 1. The zero-order valence-electron chi connectivity index (χ0n) is 34.6. The van der Waals surface area contributed by atoms with Gasteiger partial charge in [0, 0.05) is 56.5 Å². The highest BCUT2D eigenvalue weighted by Crippen LogP contribution is 2.27. The number of hydrogen-bond acceptors (Lipinski definition) is 10. The van der Waals surface area contributed by atoms with Gasteiger partial charge in [0.15, 0.2) is 0 Å². The number of carboxylic acids is 1. The van der Waals surface area contributed by atoms with Crippen molar-refractivity contribution in [2.75, 3.05) is 42.9 Å². The van der Waals surface area contributed by atoms with E-state index in [1.165, 1.54) is 17.2 Å². The van der Waals surface area contributed by atoms with Crippen LogP contribution in [0.1, 0.15) is 55.1 Å². The standard InChI is InChI=1S/C43H51FN8O10/c1-4-50-23-31(40(56)57)37(53)30-21-32(44)35(22-34(30)50)51-17-19-52(20-18-51)43(60)62-25-28-12-14-29(15-13-28)47-38(54)33(11-8-16-46-41(45)58)48-39(55)36(26(2)3)49-42(59)61-24-27-9-6-5-7-10-27/h5-7,9-10,12-15,21-23,26,33,36H,4,8,11,16-20,24-25H2,1-3H3,(H,47,54)(H,48,55)(H,49,59)(H,56,57)(H3,45,46,58). The highest BCUT2D eigenvalue weighted by molar-refractivity contribution is 5.98. The number of pyridine rings is 1. The minimum absolute atomic E-state index is 0.000566. The van der Waals surface area contributed by atoms with Crippen molar-refractivity contribution in [2.45, 2.75) is 65.5 Å². The van der Waals surface area contributed by atoms with Crippen molar-refractivity contribution < 1.29 is 47.7 Å². The second-order valence-corrected chi connectivity index (χ2v) is 14.9. The van der Waals surface area contributed by atoms with Crippen molar-refractivity contribution in [2.24, 2.45) is 11.7 Å². The highest BCUT2D eigenvalue weighted by Gasteiger charge is 2.30. The summed E-state index contributed by atoms with van der Waals surface area (Å²) < 4.78 is 27.7. The fourth-order valence-corrected chi connectivity index (χ4v) is 6.81. The summed E-state index contributed by atoms with van der Waals surface area (Å²) in [5, 5.41) is 19.9. The van der Waals surface area contributed by atoms with Gasteiger partial charge in [-0.15, -0.1) is 0 Å². The van der Waals surface area contributed by atoms with Gasteiger partial charge in [0.2, 0.25) is 17.2 Å². The number of urea groups is 1. The normalized spacial score (nSPS) is 13.5. The second-order valence-electron chi connectivity index (χ2n) is 14.9. The molecule has 0 radical (unpaired) electrons. The molecule has 5 rings (SSSR count). The van der Waals surface area contributed by atoms with Crippen LogP contribution in [-0.4, -0.2) is 95.4 Å². The molecular weight excluding hydrogens is 808 g/mol. The zero-order valence-corrected chi connectivity index (χ0v) is 34.6. The van der Waals surface area contributed by atoms with Crippen LogP contribution >= 0.6 is 0 Å². The summed E-state index contributed by atoms with van der Waals surface area (Å²) in [5.74, 6) is -3.61. The van der Waals surface area contributed by atoms with Crippen molar-refractivity contribution in [3.63, 3.8) is 0 Å². The third-order valence-electron chi connectivity index (χ3n) is 10.2. The number of piperazine rings is 1. The predicted octanol–water partition coefficient (Wildman–Crippen LogP) is 4.14. The molecule has 2 unspecified atom stereocenters. The second kappa shape index (κ2) is 21.4. The lowest BCUT2D eigenvalue weighted by Crippen LogP contribution is -2.54. The van der Waals surface area contributed by atoms with Crippen molar-refractivity contribution >= 4 is 58.3 Å². The molecule has 0 saturated carbocycles. The Morgan fingerprint density at radius 2 is 1.53 bits per heavy atom. The summed E-state index contributed by atoms with van der Waals surface area (Å²) in [6, 6.07) is 15.3. The molecule has 19 heteroatoms. The van der Waals surface area contributed by atoms with Crippen LogP contribution in [0.25, 0.3) is 10.9 Å². The highest BCUT2D eigenvalue weighted by atomic mass is 19.1. The van der Waals surface area contributed by atoms with Crippen molar-refractivity contribution in [3.8, 4) is 0 Å². The fourth-order valence-electron chi connectivity index (χ4n) is 6.81. The molecule has 0 aliphatic carbocycles. The number of alkyl carbamates (subject to hydrolysis) is 1. The molecule has 18 nitrogen and oxygen atoms in total. The van der Waals surface area contributed by atoms with Gasteiger partial charge < -0.3 is 55.9 Å². The summed E-state index contributed by atoms with van der Waals surface area (Å²) in [5.41, 5.74) is 6.36. The molecule has 2 atom stereocenters. The largest absolute Gasteiger partial charge is 0.477 e. The van der Waals surface area contributed by atoms with E-state index in [-0.39, 0.29) is 69.3 Å². The molecule has 1 saturated heterocycles. The van der Waals surface area contributed by atoms with Gasteiger partial charge in [0.1, 0.15) is 36.7 Å². The Balaban J connectivity index is 1.14. The van der Waals surface area contributed by atoms with Crippen LogP contribution < -0.4 is 37.3 Å². The van der Waals surface area contributed by atoms with E-state index in [2.05, 4.69) is 21.3 Å². The molecule has 330 valence electrons. The lowest BCUT2D eigenvalue weighted by Gasteiger charge is -2.35. The first-order valence-electron chi connectivity index (χ1n) is 20.1. The average molecular weight is 859 g/mol. The number of aromatic carboxylic acids is 1. The van der Waals surface area contributed by atoms with Crippen LogP contribution in [0, 0.1) is 11.7 Å². The molecule has 1 fully saturated rings. The smallest absolute Gasteiger partial charge is 0.410 e. The van der Waals surface area contributed by atoms with E-state index < -0.39 is 64.9 Å². The predicted molar refractivity (Wildman–Crippen MR) is 227 cm³/mol. The molecule has 1 aliphatic rings. The molecule has 7 N–H and O–H groups in total. The Kier molecular flexibility index (Phi) is 15.8. The van der Waals surface area contributed by atoms with E-state index >= 15 is 4.39 Å². The number of amides is 6. The van der Waals surface area contributed by atoms with Crippen LogP contribution in [0.5, 0.6) is 0 Å². The minimum atomic E-state index is -1.39. The van der Waals surface area contributed by atoms with E-state index in [0.717, 1.165) is 11.6 Å². The average Bonchev–Trinajstić information content (AvgIpc) is 3.25. The number of carbonyl (C=O) groups is 6. The number of carbonyl (C=O) groups excluding carboxylic acids is 5. The minimum Gasteiger partial charge on any atom is -0.477 e. The number of fused-ring (bicyclic) bond motifs is 1.